The Hall–Kier alpha value is -1.73. The van der Waals surface area contributed by atoms with Crippen LogP contribution in [0.25, 0.3) is 10.2 Å². The Kier molecular flexibility index (Phi) is 3.44. The molecule has 0 amide bonds. The Morgan fingerprint density at radius 3 is 2.83 bits per heavy atom. The second kappa shape index (κ2) is 4.87. The van der Waals surface area contributed by atoms with E-state index in [0.717, 1.165) is 11.3 Å². The van der Waals surface area contributed by atoms with Crippen LogP contribution in [0.1, 0.15) is 23.1 Å². The fraction of sp³-hybridized carbons (Fsp3) is 0.364. The van der Waals surface area contributed by atoms with Crippen LogP contribution in [0.4, 0.5) is 0 Å². The van der Waals surface area contributed by atoms with Crippen LogP contribution in [0, 0.1) is 0 Å². The SMILES string of the molecule is CCc1nc2scc(C(=O)O)c2c(=O)n1CCO. The van der Waals surface area contributed by atoms with Crippen LogP contribution in [0.3, 0.4) is 0 Å². The van der Waals surface area contributed by atoms with E-state index in [4.69, 9.17) is 10.2 Å². The molecule has 0 saturated carbocycles. The third-order valence-corrected chi connectivity index (χ3v) is 3.52. The van der Waals surface area contributed by atoms with Crippen LogP contribution in [0.5, 0.6) is 0 Å². The molecule has 96 valence electrons. The molecule has 6 nitrogen and oxygen atoms in total. The zero-order valence-corrected chi connectivity index (χ0v) is 10.5. The van der Waals surface area contributed by atoms with Gasteiger partial charge in [-0.2, -0.15) is 0 Å². The van der Waals surface area contributed by atoms with Crippen molar-refractivity contribution >= 4 is 27.5 Å². The van der Waals surface area contributed by atoms with E-state index in [2.05, 4.69) is 4.98 Å². The molecule has 0 aliphatic carbocycles. The molecular formula is C11H12N2O4S. The number of hydrogen-bond donors (Lipinski definition) is 2. The van der Waals surface area contributed by atoms with Gasteiger partial charge in [-0.25, -0.2) is 9.78 Å². The summed E-state index contributed by atoms with van der Waals surface area (Å²) >= 11 is 1.14. The number of carboxylic acid groups (broad SMARTS) is 1. The number of aromatic nitrogens is 2. The van der Waals surface area contributed by atoms with E-state index in [1.54, 1.807) is 0 Å². The first-order chi connectivity index (χ1) is 8.60. The molecule has 2 aromatic heterocycles. The quantitative estimate of drug-likeness (QED) is 0.852. The van der Waals surface area contributed by atoms with Gasteiger partial charge in [-0.1, -0.05) is 6.92 Å². The summed E-state index contributed by atoms with van der Waals surface area (Å²) < 4.78 is 1.33. The molecule has 0 radical (unpaired) electrons. The van der Waals surface area contributed by atoms with Crippen molar-refractivity contribution in [2.24, 2.45) is 0 Å². The Bertz CT molecular complexity index is 659. The summed E-state index contributed by atoms with van der Waals surface area (Å²) in [5, 5.41) is 19.5. The minimum atomic E-state index is -1.14. The van der Waals surface area contributed by atoms with Crippen LogP contribution >= 0.6 is 11.3 Å². The van der Waals surface area contributed by atoms with Gasteiger partial charge in [0.25, 0.3) is 5.56 Å². The molecule has 2 aromatic rings. The molecule has 0 bridgehead atoms. The number of thiophene rings is 1. The molecule has 0 fully saturated rings. The average Bonchev–Trinajstić information content (AvgIpc) is 2.76. The lowest BCUT2D eigenvalue weighted by atomic mass is 10.2. The fourth-order valence-corrected chi connectivity index (χ4v) is 2.75. The molecule has 0 unspecified atom stereocenters. The zero-order valence-electron chi connectivity index (χ0n) is 9.71. The van der Waals surface area contributed by atoms with E-state index in [1.165, 1.54) is 9.95 Å². The highest BCUT2D eigenvalue weighted by Gasteiger charge is 2.18. The third-order valence-electron chi connectivity index (χ3n) is 2.64. The van der Waals surface area contributed by atoms with Crippen molar-refractivity contribution in [2.75, 3.05) is 6.61 Å². The first-order valence-electron chi connectivity index (χ1n) is 5.45. The van der Waals surface area contributed by atoms with Gasteiger partial charge in [0.15, 0.2) is 0 Å². The van der Waals surface area contributed by atoms with E-state index in [0.29, 0.717) is 17.1 Å². The van der Waals surface area contributed by atoms with Gasteiger partial charge < -0.3 is 10.2 Å². The van der Waals surface area contributed by atoms with Crippen LogP contribution in [0.2, 0.25) is 0 Å². The van der Waals surface area contributed by atoms with Crippen LogP contribution < -0.4 is 5.56 Å². The van der Waals surface area contributed by atoms with Gasteiger partial charge in [-0.05, 0) is 0 Å². The van der Waals surface area contributed by atoms with Gasteiger partial charge in [0.1, 0.15) is 10.7 Å². The molecule has 18 heavy (non-hydrogen) atoms. The van der Waals surface area contributed by atoms with Crippen molar-refractivity contribution in [3.63, 3.8) is 0 Å². The van der Waals surface area contributed by atoms with E-state index in [9.17, 15) is 9.59 Å². The number of aliphatic hydroxyl groups excluding tert-OH is 1. The van der Waals surface area contributed by atoms with Crippen molar-refractivity contribution in [3.05, 3.63) is 27.1 Å². The van der Waals surface area contributed by atoms with E-state index in [1.807, 2.05) is 6.92 Å². The Morgan fingerprint density at radius 2 is 2.28 bits per heavy atom. The second-order valence-corrected chi connectivity index (χ2v) is 4.55. The smallest absolute Gasteiger partial charge is 0.337 e. The Labute approximate surface area is 106 Å². The minimum absolute atomic E-state index is 0.0261. The number of hydrogen-bond acceptors (Lipinski definition) is 5. The molecule has 2 heterocycles. The van der Waals surface area contributed by atoms with Crippen molar-refractivity contribution in [3.8, 4) is 0 Å². The molecule has 0 atom stereocenters. The summed E-state index contributed by atoms with van der Waals surface area (Å²) in [7, 11) is 0. The van der Waals surface area contributed by atoms with Crippen LogP contribution in [-0.2, 0) is 13.0 Å². The highest BCUT2D eigenvalue weighted by atomic mass is 32.1. The summed E-state index contributed by atoms with van der Waals surface area (Å²) in [6.45, 7) is 1.79. The van der Waals surface area contributed by atoms with Gasteiger partial charge in [-0.3, -0.25) is 9.36 Å². The molecule has 7 heteroatoms. The predicted molar refractivity (Wildman–Crippen MR) is 67.3 cm³/mol. The molecular weight excluding hydrogens is 256 g/mol. The van der Waals surface area contributed by atoms with Gasteiger partial charge >= 0.3 is 5.97 Å². The molecule has 0 aliphatic heterocycles. The largest absolute Gasteiger partial charge is 0.478 e. The summed E-state index contributed by atoms with van der Waals surface area (Å²) in [5.74, 6) is -0.583. The van der Waals surface area contributed by atoms with E-state index < -0.39 is 11.5 Å². The molecule has 2 rings (SSSR count). The number of rotatable bonds is 4. The number of aryl methyl sites for hydroxylation is 1. The number of aliphatic hydroxyl groups is 1. The minimum Gasteiger partial charge on any atom is -0.478 e. The standard InChI is InChI=1S/C11H12N2O4S/c1-2-7-12-9-8(6(5-18-9)11(16)17)10(15)13(7)3-4-14/h5,14H,2-4H2,1H3,(H,16,17). The Morgan fingerprint density at radius 1 is 1.56 bits per heavy atom. The number of carboxylic acids is 1. The molecule has 0 aromatic carbocycles. The number of carbonyl (C=O) groups is 1. The first-order valence-corrected chi connectivity index (χ1v) is 6.33. The van der Waals surface area contributed by atoms with Crippen LogP contribution in [-0.4, -0.2) is 32.3 Å². The number of fused-ring (bicyclic) bond motifs is 1. The zero-order chi connectivity index (χ0) is 13.3. The maximum Gasteiger partial charge on any atom is 0.337 e. The van der Waals surface area contributed by atoms with E-state index >= 15 is 0 Å². The summed E-state index contributed by atoms with van der Waals surface area (Å²) in [6.07, 6.45) is 0.547. The monoisotopic (exact) mass is 268 g/mol. The topological polar surface area (TPSA) is 92.4 Å². The molecule has 0 aliphatic rings. The molecule has 0 spiro atoms. The fourth-order valence-electron chi connectivity index (χ4n) is 1.82. The first kappa shape index (κ1) is 12.7. The van der Waals surface area contributed by atoms with Gasteiger partial charge in [0.05, 0.1) is 24.1 Å². The number of aromatic carboxylic acids is 1. The van der Waals surface area contributed by atoms with Crippen molar-refractivity contribution in [1.29, 1.82) is 0 Å². The normalized spacial score (nSPS) is 11.0. The van der Waals surface area contributed by atoms with E-state index in [-0.39, 0.29) is 24.1 Å². The lowest BCUT2D eigenvalue weighted by molar-refractivity contribution is 0.0699. The average molecular weight is 268 g/mol. The second-order valence-electron chi connectivity index (χ2n) is 3.70. The summed E-state index contributed by atoms with van der Waals surface area (Å²) in [4.78, 5) is 28.0. The highest BCUT2D eigenvalue weighted by Crippen LogP contribution is 2.21. The Balaban J connectivity index is 2.82. The summed E-state index contributed by atoms with van der Waals surface area (Å²) in [6, 6.07) is 0. The van der Waals surface area contributed by atoms with Gasteiger partial charge in [0.2, 0.25) is 0 Å². The van der Waals surface area contributed by atoms with Crippen LogP contribution in [0.15, 0.2) is 10.2 Å². The maximum absolute atomic E-state index is 12.2. The molecule has 0 saturated heterocycles. The lowest BCUT2D eigenvalue weighted by Crippen LogP contribution is -2.27. The van der Waals surface area contributed by atoms with Crippen molar-refractivity contribution in [1.82, 2.24) is 9.55 Å². The maximum atomic E-state index is 12.2. The van der Waals surface area contributed by atoms with Crippen molar-refractivity contribution < 1.29 is 15.0 Å². The summed E-state index contributed by atoms with van der Waals surface area (Å²) in [5.41, 5.74) is -0.425. The van der Waals surface area contributed by atoms with Gasteiger partial charge in [-0.15, -0.1) is 11.3 Å². The highest BCUT2D eigenvalue weighted by molar-refractivity contribution is 7.17. The lowest BCUT2D eigenvalue weighted by Gasteiger charge is -2.09. The van der Waals surface area contributed by atoms with Crippen molar-refractivity contribution in [2.45, 2.75) is 19.9 Å². The third kappa shape index (κ3) is 1.91. The number of nitrogens with zero attached hydrogens (tertiary/aromatic N) is 2. The van der Waals surface area contributed by atoms with Gasteiger partial charge in [0, 0.05) is 11.8 Å². The molecule has 2 N–H and O–H groups in total. The predicted octanol–water partition coefficient (Wildman–Crippen LogP) is 0.711.